The van der Waals surface area contributed by atoms with Gasteiger partial charge >= 0.3 is 11.7 Å². The third-order valence-electron chi connectivity index (χ3n) is 2.66. The van der Waals surface area contributed by atoms with Gasteiger partial charge in [0.25, 0.3) is 0 Å². The van der Waals surface area contributed by atoms with Gasteiger partial charge in [0.1, 0.15) is 10.7 Å². The zero-order valence-electron chi connectivity index (χ0n) is 11.8. The van der Waals surface area contributed by atoms with Crippen LogP contribution in [0.5, 0.6) is 0 Å². The van der Waals surface area contributed by atoms with Crippen LogP contribution in [-0.2, 0) is 4.74 Å². The first-order valence-electron chi connectivity index (χ1n) is 6.13. The van der Waals surface area contributed by atoms with Crippen LogP contribution in [0.2, 0.25) is 0 Å². The molecule has 0 saturated heterocycles. The van der Waals surface area contributed by atoms with Crippen LogP contribution in [0.25, 0.3) is 0 Å². The minimum Gasteiger partial charge on any atom is -0.464 e. The summed E-state index contributed by atoms with van der Waals surface area (Å²) in [6.45, 7) is 3.73. The van der Waals surface area contributed by atoms with Crippen LogP contribution in [0.4, 0.5) is 5.69 Å². The van der Waals surface area contributed by atoms with Crippen molar-refractivity contribution >= 4 is 23.4 Å². The minimum atomic E-state index is -0.555. The van der Waals surface area contributed by atoms with Crippen LogP contribution in [0.3, 0.4) is 0 Å². The number of hydrogen-bond acceptors (Lipinski definition) is 7. The topological polar surface area (TPSA) is 116 Å². The van der Waals surface area contributed by atoms with Crippen molar-refractivity contribution in [1.82, 2.24) is 19.7 Å². The average molecular weight is 309 g/mol. The van der Waals surface area contributed by atoms with Crippen molar-refractivity contribution in [2.75, 3.05) is 12.8 Å². The van der Waals surface area contributed by atoms with Gasteiger partial charge in [0, 0.05) is 6.04 Å². The van der Waals surface area contributed by atoms with Gasteiger partial charge in [-0.05, 0) is 37.7 Å². The van der Waals surface area contributed by atoms with E-state index < -0.39 is 5.97 Å². The molecule has 0 aliphatic rings. The first kappa shape index (κ1) is 15.1. The van der Waals surface area contributed by atoms with Gasteiger partial charge in [-0.1, -0.05) is 0 Å². The van der Waals surface area contributed by atoms with E-state index in [1.54, 1.807) is 6.07 Å². The van der Waals surface area contributed by atoms with Crippen LogP contribution in [0.15, 0.2) is 27.1 Å². The molecule has 0 saturated carbocycles. The summed E-state index contributed by atoms with van der Waals surface area (Å²) in [7, 11) is 1.28. The predicted octanol–water partition coefficient (Wildman–Crippen LogP) is 1.07. The fraction of sp³-hybridized carbons (Fsp3) is 0.333. The number of carbonyl (C=O) groups excluding carboxylic acids is 1. The molecule has 0 aliphatic carbocycles. The summed E-state index contributed by atoms with van der Waals surface area (Å²) in [4.78, 5) is 27.3. The second kappa shape index (κ2) is 6.00. The number of rotatable bonds is 4. The number of methoxy groups -OCH3 is 1. The third-order valence-corrected chi connectivity index (χ3v) is 3.65. The van der Waals surface area contributed by atoms with E-state index in [1.807, 2.05) is 13.8 Å². The molecular weight excluding hydrogens is 294 g/mol. The Morgan fingerprint density at radius 3 is 2.81 bits per heavy atom. The normalized spacial score (nSPS) is 10.9. The molecule has 0 spiro atoms. The smallest absolute Gasteiger partial charge is 0.356 e. The Kier molecular flexibility index (Phi) is 4.32. The number of aromatic amines is 1. The maximum absolute atomic E-state index is 11.7. The second-order valence-corrected chi connectivity index (χ2v) is 5.42. The maximum Gasteiger partial charge on any atom is 0.356 e. The molecule has 0 atom stereocenters. The Labute approximate surface area is 124 Å². The van der Waals surface area contributed by atoms with Crippen LogP contribution in [0, 0.1) is 0 Å². The van der Waals surface area contributed by atoms with Crippen LogP contribution < -0.4 is 11.4 Å². The number of carbonyl (C=O) groups is 1. The Balaban J connectivity index is 2.40. The fourth-order valence-electron chi connectivity index (χ4n) is 1.66. The fourth-order valence-corrected chi connectivity index (χ4v) is 2.64. The number of aromatic nitrogens is 4. The van der Waals surface area contributed by atoms with E-state index in [-0.39, 0.29) is 17.4 Å². The lowest BCUT2D eigenvalue weighted by Gasteiger charge is -2.09. The highest BCUT2D eigenvalue weighted by molar-refractivity contribution is 7.99. The van der Waals surface area contributed by atoms with E-state index in [0.29, 0.717) is 15.9 Å². The number of H-pyrrole nitrogens is 1. The van der Waals surface area contributed by atoms with E-state index >= 15 is 0 Å². The lowest BCUT2D eigenvalue weighted by Crippen LogP contribution is -2.19. The number of nitrogens with two attached hydrogens (primary N) is 1. The van der Waals surface area contributed by atoms with Gasteiger partial charge in [-0.25, -0.2) is 19.7 Å². The van der Waals surface area contributed by atoms with Gasteiger partial charge in [-0.3, -0.25) is 4.57 Å². The highest BCUT2D eigenvalue weighted by Crippen LogP contribution is 2.29. The molecule has 0 amide bonds. The highest BCUT2D eigenvalue weighted by Gasteiger charge is 2.17. The van der Waals surface area contributed by atoms with E-state index in [0.717, 1.165) is 11.8 Å². The zero-order chi connectivity index (χ0) is 15.6. The summed E-state index contributed by atoms with van der Waals surface area (Å²) in [5, 5.41) is 7.14. The lowest BCUT2D eigenvalue weighted by molar-refractivity contribution is 0.0593. The first-order valence-corrected chi connectivity index (χ1v) is 6.95. The number of pyridine rings is 1. The minimum absolute atomic E-state index is 0.0660. The van der Waals surface area contributed by atoms with Gasteiger partial charge in [-0.15, -0.1) is 5.10 Å². The van der Waals surface area contributed by atoms with Crippen LogP contribution in [-0.4, -0.2) is 32.8 Å². The number of anilines is 1. The Morgan fingerprint density at radius 2 is 2.19 bits per heavy atom. The molecule has 0 unspecified atom stereocenters. The highest BCUT2D eigenvalue weighted by atomic mass is 32.2. The van der Waals surface area contributed by atoms with Gasteiger partial charge in [-0.2, -0.15) is 0 Å². The predicted molar refractivity (Wildman–Crippen MR) is 77.3 cm³/mol. The average Bonchev–Trinajstić information content (AvgIpc) is 2.81. The zero-order valence-corrected chi connectivity index (χ0v) is 12.6. The largest absolute Gasteiger partial charge is 0.464 e. The number of nitrogens with zero attached hydrogens (tertiary/aromatic N) is 3. The van der Waals surface area contributed by atoms with Crippen molar-refractivity contribution in [2.45, 2.75) is 30.1 Å². The van der Waals surface area contributed by atoms with E-state index in [9.17, 15) is 9.59 Å². The summed E-state index contributed by atoms with van der Waals surface area (Å²) in [6.07, 6.45) is 0. The van der Waals surface area contributed by atoms with Crippen molar-refractivity contribution in [2.24, 2.45) is 0 Å². The van der Waals surface area contributed by atoms with Crippen molar-refractivity contribution in [3.8, 4) is 0 Å². The van der Waals surface area contributed by atoms with Crippen LogP contribution >= 0.6 is 11.8 Å². The van der Waals surface area contributed by atoms with Crippen molar-refractivity contribution in [3.05, 3.63) is 28.3 Å². The lowest BCUT2D eigenvalue weighted by atomic mass is 10.3. The number of esters is 1. The van der Waals surface area contributed by atoms with E-state index in [1.165, 1.54) is 17.7 Å². The van der Waals surface area contributed by atoms with Gasteiger partial charge in [0.05, 0.1) is 12.8 Å². The quantitative estimate of drug-likeness (QED) is 0.811. The van der Waals surface area contributed by atoms with Gasteiger partial charge in [0.15, 0.2) is 5.16 Å². The number of nitrogen functional groups attached to an aromatic ring is 1. The molecule has 2 aromatic heterocycles. The first-order chi connectivity index (χ1) is 9.93. The molecule has 3 N–H and O–H groups in total. The van der Waals surface area contributed by atoms with Crippen molar-refractivity contribution in [1.29, 1.82) is 0 Å². The molecule has 0 bridgehead atoms. The number of ether oxygens (including phenoxy) is 1. The Hall–Kier alpha value is -2.29. The molecule has 0 aromatic carbocycles. The molecule has 2 aromatic rings. The standard InChI is InChI=1S/C12H15N5O3S/c1-6(2)17-11(19)15-16-12(17)21-9-7(13)4-5-8(14-9)10(18)20-3/h4-6H,13H2,1-3H3,(H,15,19). The summed E-state index contributed by atoms with van der Waals surface area (Å²) >= 11 is 1.11. The summed E-state index contributed by atoms with van der Waals surface area (Å²) in [5.74, 6) is -0.555. The van der Waals surface area contributed by atoms with Gasteiger partial charge in [0.2, 0.25) is 0 Å². The summed E-state index contributed by atoms with van der Waals surface area (Å²) in [6, 6.07) is 2.97. The molecule has 2 rings (SSSR count). The maximum atomic E-state index is 11.7. The van der Waals surface area contributed by atoms with Crippen LogP contribution in [0.1, 0.15) is 30.4 Å². The van der Waals surface area contributed by atoms with E-state index in [4.69, 9.17) is 5.73 Å². The number of nitrogens with one attached hydrogen (secondary N) is 1. The monoisotopic (exact) mass is 309 g/mol. The van der Waals surface area contributed by atoms with E-state index in [2.05, 4.69) is 19.9 Å². The molecular formula is C12H15N5O3S. The van der Waals surface area contributed by atoms with Gasteiger partial charge < -0.3 is 10.5 Å². The molecule has 21 heavy (non-hydrogen) atoms. The molecule has 0 fully saturated rings. The number of hydrogen-bond donors (Lipinski definition) is 2. The summed E-state index contributed by atoms with van der Waals surface area (Å²) in [5.41, 5.74) is 6.07. The second-order valence-electron chi connectivity index (χ2n) is 4.46. The SMILES string of the molecule is COC(=O)c1ccc(N)c(Sc2n[nH]c(=O)n2C(C)C)n1. The Morgan fingerprint density at radius 1 is 1.48 bits per heavy atom. The molecule has 0 aliphatic heterocycles. The molecule has 2 heterocycles. The Bertz CT molecular complexity index is 722. The molecule has 9 heteroatoms. The van der Waals surface area contributed by atoms with Crippen molar-refractivity contribution < 1.29 is 9.53 Å². The summed E-state index contributed by atoms with van der Waals surface area (Å²) < 4.78 is 6.10. The molecule has 112 valence electrons. The third kappa shape index (κ3) is 3.07. The molecule has 0 radical (unpaired) electrons. The molecule has 8 nitrogen and oxygen atoms in total. The van der Waals surface area contributed by atoms with Crippen molar-refractivity contribution in [3.63, 3.8) is 0 Å².